The molecule has 1 heterocycles. The highest BCUT2D eigenvalue weighted by Crippen LogP contribution is 2.29. The lowest BCUT2D eigenvalue weighted by molar-refractivity contribution is -0.130. The topological polar surface area (TPSA) is 81.7 Å². The maximum Gasteiger partial charge on any atom is 0.228 e. The minimum atomic E-state index is -0.246. The molecule has 6 heteroatoms. The van der Waals surface area contributed by atoms with Crippen LogP contribution in [-0.2, 0) is 29.0 Å². The quantitative estimate of drug-likeness (QED) is 0.653. The summed E-state index contributed by atoms with van der Waals surface area (Å²) in [6, 6.07) is 13.7. The summed E-state index contributed by atoms with van der Waals surface area (Å²) in [5, 5.41) is 15.8. The Bertz CT molecular complexity index is 1000. The first kappa shape index (κ1) is 21.0. The molecule has 2 atom stereocenters. The Balaban J connectivity index is 1.29. The van der Waals surface area contributed by atoms with Crippen molar-refractivity contribution >= 4 is 17.5 Å². The molecule has 6 nitrogen and oxygen atoms in total. The van der Waals surface area contributed by atoms with Crippen molar-refractivity contribution in [1.29, 1.82) is 0 Å². The first-order chi connectivity index (χ1) is 15.5. The van der Waals surface area contributed by atoms with E-state index in [2.05, 4.69) is 27.7 Å². The van der Waals surface area contributed by atoms with Crippen LogP contribution >= 0.6 is 0 Å². The molecule has 32 heavy (non-hydrogen) atoms. The Kier molecular flexibility index (Phi) is 5.87. The number of carbonyl (C=O) groups is 2. The van der Waals surface area contributed by atoms with Crippen molar-refractivity contribution in [2.75, 3.05) is 18.4 Å². The molecule has 0 aromatic heterocycles. The smallest absolute Gasteiger partial charge is 0.228 e. The van der Waals surface area contributed by atoms with E-state index in [0.717, 1.165) is 36.9 Å². The molecule has 0 bridgehead atoms. The summed E-state index contributed by atoms with van der Waals surface area (Å²) in [5.74, 6) is -0.150. The minimum Gasteiger partial charge on any atom is -0.508 e. The van der Waals surface area contributed by atoms with Gasteiger partial charge in [0.2, 0.25) is 11.8 Å². The van der Waals surface area contributed by atoms with Gasteiger partial charge >= 0.3 is 0 Å². The molecule has 2 amide bonds. The van der Waals surface area contributed by atoms with E-state index in [9.17, 15) is 14.7 Å². The molecular weight excluding hydrogens is 402 g/mol. The van der Waals surface area contributed by atoms with E-state index in [1.54, 1.807) is 12.1 Å². The molecule has 0 spiro atoms. The number of phenolic OH excluding ortho intramolecular Hbond substituents is 1. The number of amides is 2. The Morgan fingerprint density at radius 1 is 0.938 bits per heavy atom. The standard InChI is InChI=1S/C26H31N3O3/c30-24-10-4-17(5-11-24)14-29-15-20(25(31)27-22-8-9-22)12-21(16-29)26(32)28-23-7-6-18-2-1-3-19(18)13-23/h4-7,10-11,13,20-22,30H,1-3,8-9,12,14-16H2,(H,27,31)(H,28,32)/t20-,21+/m0/s1. The van der Waals surface area contributed by atoms with Crippen LogP contribution in [0.3, 0.4) is 0 Å². The lowest BCUT2D eigenvalue weighted by Gasteiger charge is -2.36. The number of fused-ring (bicyclic) bond motifs is 1. The van der Waals surface area contributed by atoms with Gasteiger partial charge < -0.3 is 15.7 Å². The number of benzene rings is 2. The Labute approximate surface area is 189 Å². The summed E-state index contributed by atoms with van der Waals surface area (Å²) < 4.78 is 0. The summed E-state index contributed by atoms with van der Waals surface area (Å²) in [5.41, 5.74) is 4.63. The van der Waals surface area contributed by atoms with Gasteiger partial charge in [-0.15, -0.1) is 0 Å². The maximum atomic E-state index is 13.2. The van der Waals surface area contributed by atoms with Gasteiger partial charge in [0.15, 0.2) is 0 Å². The van der Waals surface area contributed by atoms with Gasteiger partial charge in [-0.05, 0) is 79.5 Å². The minimum absolute atomic E-state index is 0.0115. The number of anilines is 1. The monoisotopic (exact) mass is 433 g/mol. The summed E-state index contributed by atoms with van der Waals surface area (Å²) in [6.45, 7) is 1.91. The molecule has 2 fully saturated rings. The van der Waals surface area contributed by atoms with Crippen LogP contribution in [0, 0.1) is 11.8 Å². The fraction of sp³-hybridized carbons (Fsp3) is 0.462. The number of aryl methyl sites for hydroxylation is 2. The third-order valence-electron chi connectivity index (χ3n) is 6.90. The number of rotatable bonds is 6. The largest absolute Gasteiger partial charge is 0.508 e. The SMILES string of the molecule is O=C(Nc1ccc2c(c1)CCC2)[C@@H]1C[C@H](C(=O)NC2CC2)CN(Cc2ccc(O)cc2)C1. The lowest BCUT2D eigenvalue weighted by atomic mass is 9.87. The van der Waals surface area contributed by atoms with Crippen LogP contribution in [-0.4, -0.2) is 41.0 Å². The Morgan fingerprint density at radius 3 is 2.41 bits per heavy atom. The van der Waals surface area contributed by atoms with E-state index in [-0.39, 0.29) is 29.4 Å². The van der Waals surface area contributed by atoms with Gasteiger partial charge in [-0.3, -0.25) is 14.5 Å². The molecule has 168 valence electrons. The molecule has 3 aliphatic rings. The number of piperidine rings is 1. The number of nitrogens with zero attached hydrogens (tertiary/aromatic N) is 1. The van der Waals surface area contributed by atoms with Gasteiger partial charge in [0.05, 0.1) is 11.8 Å². The van der Waals surface area contributed by atoms with E-state index in [1.165, 1.54) is 17.5 Å². The Morgan fingerprint density at radius 2 is 1.66 bits per heavy atom. The van der Waals surface area contributed by atoms with E-state index in [0.29, 0.717) is 32.1 Å². The number of aromatic hydroxyl groups is 1. The van der Waals surface area contributed by atoms with Crippen molar-refractivity contribution in [3.8, 4) is 5.75 Å². The predicted octanol–water partition coefficient (Wildman–Crippen LogP) is 3.24. The highest BCUT2D eigenvalue weighted by atomic mass is 16.3. The van der Waals surface area contributed by atoms with Crippen LogP contribution < -0.4 is 10.6 Å². The van der Waals surface area contributed by atoms with Crippen molar-refractivity contribution < 1.29 is 14.7 Å². The molecule has 3 N–H and O–H groups in total. The van der Waals surface area contributed by atoms with Crippen molar-refractivity contribution in [3.63, 3.8) is 0 Å². The van der Waals surface area contributed by atoms with E-state index in [1.807, 2.05) is 18.2 Å². The second kappa shape index (κ2) is 8.94. The molecular formula is C26H31N3O3. The van der Waals surface area contributed by atoms with Crippen molar-refractivity contribution in [2.24, 2.45) is 11.8 Å². The molecule has 2 aromatic carbocycles. The average molecular weight is 434 g/mol. The maximum absolute atomic E-state index is 13.2. The van der Waals surface area contributed by atoms with E-state index in [4.69, 9.17) is 0 Å². The van der Waals surface area contributed by atoms with Crippen LogP contribution in [0.4, 0.5) is 5.69 Å². The van der Waals surface area contributed by atoms with Crippen molar-refractivity contribution in [1.82, 2.24) is 10.2 Å². The number of hydrogen-bond acceptors (Lipinski definition) is 4. The first-order valence-corrected chi connectivity index (χ1v) is 11.8. The lowest BCUT2D eigenvalue weighted by Crippen LogP contribution is -2.49. The number of carbonyl (C=O) groups excluding carboxylic acids is 2. The highest BCUT2D eigenvalue weighted by molar-refractivity contribution is 5.93. The second-order valence-corrected chi connectivity index (χ2v) is 9.60. The van der Waals surface area contributed by atoms with Crippen LogP contribution in [0.5, 0.6) is 5.75 Å². The summed E-state index contributed by atoms with van der Waals surface area (Å²) in [7, 11) is 0. The third kappa shape index (κ3) is 4.96. The van der Waals surface area contributed by atoms with Gasteiger partial charge in [0.25, 0.3) is 0 Å². The van der Waals surface area contributed by atoms with Gasteiger partial charge in [-0.1, -0.05) is 18.2 Å². The molecule has 0 unspecified atom stereocenters. The highest BCUT2D eigenvalue weighted by Gasteiger charge is 2.37. The molecule has 0 radical (unpaired) electrons. The zero-order chi connectivity index (χ0) is 22.1. The van der Waals surface area contributed by atoms with E-state index < -0.39 is 0 Å². The van der Waals surface area contributed by atoms with Crippen molar-refractivity contribution in [2.45, 2.75) is 51.1 Å². The molecule has 1 saturated carbocycles. The third-order valence-corrected chi connectivity index (χ3v) is 6.90. The normalized spacial score (nSPS) is 22.9. The van der Waals surface area contributed by atoms with Crippen LogP contribution in [0.25, 0.3) is 0 Å². The number of hydrogen-bond donors (Lipinski definition) is 3. The van der Waals surface area contributed by atoms with Gasteiger partial charge in [-0.25, -0.2) is 0 Å². The fourth-order valence-corrected chi connectivity index (χ4v) is 5.00. The van der Waals surface area contributed by atoms with Gasteiger partial charge in [-0.2, -0.15) is 0 Å². The second-order valence-electron chi connectivity index (χ2n) is 9.60. The zero-order valence-corrected chi connectivity index (χ0v) is 18.3. The molecule has 1 saturated heterocycles. The van der Waals surface area contributed by atoms with Gasteiger partial charge in [0, 0.05) is 31.4 Å². The van der Waals surface area contributed by atoms with E-state index >= 15 is 0 Å². The average Bonchev–Trinajstić information content (AvgIpc) is 3.48. The number of nitrogens with one attached hydrogen (secondary N) is 2. The number of likely N-dealkylation sites (tertiary alicyclic amines) is 1. The molecule has 5 rings (SSSR count). The van der Waals surface area contributed by atoms with Crippen molar-refractivity contribution in [3.05, 3.63) is 59.2 Å². The van der Waals surface area contributed by atoms with Gasteiger partial charge in [0.1, 0.15) is 5.75 Å². The number of phenols is 1. The zero-order valence-electron chi connectivity index (χ0n) is 18.3. The Hall–Kier alpha value is -2.86. The fourth-order valence-electron chi connectivity index (χ4n) is 5.00. The summed E-state index contributed by atoms with van der Waals surface area (Å²) in [6.07, 6.45) is 6.05. The van der Waals surface area contributed by atoms with Crippen LogP contribution in [0.2, 0.25) is 0 Å². The predicted molar refractivity (Wildman–Crippen MR) is 123 cm³/mol. The summed E-state index contributed by atoms with van der Waals surface area (Å²) in [4.78, 5) is 28.2. The molecule has 2 aromatic rings. The molecule has 2 aliphatic carbocycles. The van der Waals surface area contributed by atoms with Crippen LogP contribution in [0.1, 0.15) is 42.4 Å². The van der Waals surface area contributed by atoms with Crippen LogP contribution in [0.15, 0.2) is 42.5 Å². The molecule has 1 aliphatic heterocycles. The first-order valence-electron chi connectivity index (χ1n) is 11.8. The summed E-state index contributed by atoms with van der Waals surface area (Å²) >= 11 is 0.